The Morgan fingerprint density at radius 3 is 2.17 bits per heavy atom. The van der Waals surface area contributed by atoms with Crippen LogP contribution in [-0.4, -0.2) is 15.9 Å². The highest BCUT2D eigenvalue weighted by Crippen LogP contribution is 1.88. The van der Waals surface area contributed by atoms with Crippen molar-refractivity contribution in [3.8, 4) is 0 Å². The van der Waals surface area contributed by atoms with E-state index in [0.29, 0.717) is 0 Å². The Morgan fingerprint density at radius 1 is 2.00 bits per heavy atom. The maximum Gasteiger partial charge on any atom is 0.225 e. The predicted molar refractivity (Wildman–Crippen MR) is 25.6 cm³/mol. The molecule has 1 atom stereocenters. The van der Waals surface area contributed by atoms with Gasteiger partial charge in [0.05, 0.1) is 0 Å². The van der Waals surface area contributed by atoms with Crippen molar-refractivity contribution < 1.29 is 9.90 Å². The van der Waals surface area contributed by atoms with Crippen LogP contribution in [0.1, 0.15) is 6.92 Å². The van der Waals surface area contributed by atoms with Crippen molar-refractivity contribution in [2.24, 2.45) is 0 Å². The van der Waals surface area contributed by atoms with Crippen molar-refractivity contribution >= 4 is 20.6 Å². The minimum atomic E-state index is -0.870. The molecule has 1 unspecified atom stereocenters. The normalized spacial score (nSPS) is 13.8. The summed E-state index contributed by atoms with van der Waals surface area (Å²) in [6, 6.07) is 0. The Balaban J connectivity index is 3.26. The van der Waals surface area contributed by atoms with Gasteiger partial charge in [0, 0.05) is 0 Å². The average Bonchev–Trinajstić information content (AvgIpc) is 1.36. The Kier molecular flexibility index (Phi) is 2.35. The predicted octanol–water partition coefficient (Wildman–Crippen LogP) is 0.289. The number of carbonyl (C=O) groups is 1. The van der Waals surface area contributed by atoms with E-state index in [4.69, 9.17) is 5.11 Å². The highest BCUT2D eigenvalue weighted by atomic mass is 79.9. The second-order valence-corrected chi connectivity index (χ2v) is 1.76. The minimum absolute atomic E-state index is 0.373. The fraction of sp³-hybridized carbons (Fsp3) is 0.667. The molecule has 0 aliphatic rings. The van der Waals surface area contributed by atoms with Gasteiger partial charge in [0.25, 0.3) is 0 Å². The van der Waals surface area contributed by atoms with Gasteiger partial charge in [0.2, 0.25) is 4.69 Å². The van der Waals surface area contributed by atoms with Crippen LogP contribution in [0.2, 0.25) is 0 Å². The highest BCUT2D eigenvalue weighted by Gasteiger charge is 1.99. The number of aliphatic hydroxyl groups excluding tert-OH is 1. The van der Waals surface area contributed by atoms with Crippen LogP contribution in [0.4, 0.5) is 0 Å². The quantitative estimate of drug-likeness (QED) is 0.549. The van der Waals surface area contributed by atoms with E-state index in [1.165, 1.54) is 6.92 Å². The molecule has 0 saturated carbocycles. The lowest BCUT2D eigenvalue weighted by Crippen LogP contribution is -2.06. The number of carbonyl (C=O) groups excluding carboxylic acids is 1. The first-order valence-corrected chi connectivity index (χ1v) is 2.31. The summed E-state index contributed by atoms with van der Waals surface area (Å²) in [5, 5.41) is 8.23. The molecule has 3 heteroatoms. The molecule has 0 aliphatic carbocycles. The summed E-state index contributed by atoms with van der Waals surface area (Å²) in [4.78, 5) is 9.81. The maximum absolute atomic E-state index is 9.81. The van der Waals surface area contributed by atoms with Crippen LogP contribution >= 0.6 is 15.9 Å². The van der Waals surface area contributed by atoms with Gasteiger partial charge in [0.1, 0.15) is 6.10 Å². The lowest BCUT2D eigenvalue weighted by atomic mass is 10.5. The van der Waals surface area contributed by atoms with Crippen molar-refractivity contribution in [3.63, 3.8) is 0 Å². The summed E-state index contributed by atoms with van der Waals surface area (Å²) in [6.45, 7) is 1.40. The number of hydrogen-bond acceptors (Lipinski definition) is 2. The molecular weight excluding hydrogens is 148 g/mol. The average molecular weight is 153 g/mol. The summed E-state index contributed by atoms with van der Waals surface area (Å²) in [7, 11) is 0. The van der Waals surface area contributed by atoms with Crippen molar-refractivity contribution in [1.82, 2.24) is 0 Å². The lowest BCUT2D eigenvalue weighted by molar-refractivity contribution is -0.116. The first-order valence-electron chi connectivity index (χ1n) is 1.52. The highest BCUT2D eigenvalue weighted by molar-refractivity contribution is 9.18. The second kappa shape index (κ2) is 2.31. The van der Waals surface area contributed by atoms with E-state index in [-0.39, 0.29) is 4.69 Å². The Bertz CT molecular complexity index is 59.8. The molecule has 0 saturated heterocycles. The zero-order valence-electron chi connectivity index (χ0n) is 3.31. The molecule has 0 aromatic carbocycles. The van der Waals surface area contributed by atoms with Gasteiger partial charge < -0.3 is 5.11 Å². The monoisotopic (exact) mass is 152 g/mol. The van der Waals surface area contributed by atoms with Crippen molar-refractivity contribution in [1.29, 1.82) is 0 Å². The van der Waals surface area contributed by atoms with Crippen molar-refractivity contribution in [3.05, 3.63) is 0 Å². The Morgan fingerprint density at radius 2 is 2.17 bits per heavy atom. The van der Waals surface area contributed by atoms with Gasteiger partial charge >= 0.3 is 0 Å². The molecule has 0 heterocycles. The SMILES string of the molecule is CC(O)C(=O)Br. The Hall–Kier alpha value is 0.110. The maximum atomic E-state index is 9.81. The third-order valence-corrected chi connectivity index (χ3v) is 0.991. The van der Waals surface area contributed by atoms with Gasteiger partial charge in [0.15, 0.2) is 0 Å². The van der Waals surface area contributed by atoms with E-state index in [2.05, 4.69) is 15.9 Å². The van der Waals surface area contributed by atoms with E-state index in [9.17, 15) is 4.79 Å². The molecule has 1 N–H and O–H groups in total. The van der Waals surface area contributed by atoms with Gasteiger partial charge in [-0.2, -0.15) is 0 Å². The van der Waals surface area contributed by atoms with Crippen LogP contribution in [0.25, 0.3) is 0 Å². The smallest absolute Gasteiger partial charge is 0.225 e. The fourth-order valence-electron chi connectivity index (χ4n) is 0. The fourth-order valence-corrected chi connectivity index (χ4v) is 0. The third-order valence-electron chi connectivity index (χ3n) is 0.328. The van der Waals surface area contributed by atoms with Crippen LogP contribution in [0.5, 0.6) is 0 Å². The molecule has 0 spiro atoms. The molecule has 0 amide bonds. The lowest BCUT2D eigenvalue weighted by Gasteiger charge is -1.88. The molecule has 6 heavy (non-hydrogen) atoms. The molecule has 0 aromatic heterocycles. The molecule has 36 valence electrons. The Labute approximate surface area is 44.3 Å². The van der Waals surface area contributed by atoms with E-state index in [1.807, 2.05) is 0 Å². The van der Waals surface area contributed by atoms with E-state index in [1.54, 1.807) is 0 Å². The van der Waals surface area contributed by atoms with Gasteiger partial charge in [-0.1, -0.05) is 0 Å². The molecule has 0 bridgehead atoms. The first kappa shape index (κ1) is 6.11. The van der Waals surface area contributed by atoms with Crippen LogP contribution in [0.3, 0.4) is 0 Å². The van der Waals surface area contributed by atoms with Crippen LogP contribution in [0.15, 0.2) is 0 Å². The minimum Gasteiger partial charge on any atom is -0.385 e. The summed E-state index contributed by atoms with van der Waals surface area (Å²) < 4.78 is -0.373. The number of halogens is 1. The van der Waals surface area contributed by atoms with E-state index >= 15 is 0 Å². The number of aliphatic hydroxyl groups is 1. The largest absolute Gasteiger partial charge is 0.385 e. The number of rotatable bonds is 1. The summed E-state index contributed by atoms with van der Waals surface area (Å²) in [5.41, 5.74) is 0. The summed E-state index contributed by atoms with van der Waals surface area (Å²) >= 11 is 2.55. The second-order valence-electron chi connectivity index (χ2n) is 0.980. The van der Waals surface area contributed by atoms with Crippen molar-refractivity contribution in [2.75, 3.05) is 0 Å². The molecule has 0 radical (unpaired) electrons. The summed E-state index contributed by atoms with van der Waals surface area (Å²) in [6.07, 6.45) is -0.870. The van der Waals surface area contributed by atoms with Crippen LogP contribution in [-0.2, 0) is 4.79 Å². The third kappa shape index (κ3) is 2.35. The van der Waals surface area contributed by atoms with E-state index in [0.717, 1.165) is 0 Å². The molecule has 0 aromatic rings. The van der Waals surface area contributed by atoms with Gasteiger partial charge in [-0.05, 0) is 22.9 Å². The standard InChI is InChI=1S/C3H5BrO2/c1-2(5)3(4)6/h2,5H,1H3. The first-order chi connectivity index (χ1) is 2.64. The molecular formula is C3H5BrO2. The summed E-state index contributed by atoms with van der Waals surface area (Å²) in [5.74, 6) is 0. The molecule has 0 aliphatic heterocycles. The zero-order chi connectivity index (χ0) is 5.15. The van der Waals surface area contributed by atoms with Crippen LogP contribution in [0, 0.1) is 0 Å². The van der Waals surface area contributed by atoms with Gasteiger partial charge in [-0.3, -0.25) is 4.79 Å². The topological polar surface area (TPSA) is 37.3 Å². The molecule has 0 rings (SSSR count). The van der Waals surface area contributed by atoms with Crippen molar-refractivity contribution in [2.45, 2.75) is 13.0 Å². The van der Waals surface area contributed by atoms with Crippen LogP contribution < -0.4 is 0 Å². The molecule has 2 nitrogen and oxygen atoms in total. The number of hydrogen-bond donors (Lipinski definition) is 1. The zero-order valence-corrected chi connectivity index (χ0v) is 4.90. The van der Waals surface area contributed by atoms with Gasteiger partial charge in [-0.15, -0.1) is 0 Å². The molecule has 0 fully saturated rings. The van der Waals surface area contributed by atoms with E-state index < -0.39 is 6.10 Å². The van der Waals surface area contributed by atoms with Gasteiger partial charge in [-0.25, -0.2) is 0 Å².